The van der Waals surface area contributed by atoms with E-state index in [0.717, 1.165) is 45.7 Å². The molecule has 1 fully saturated rings. The quantitative estimate of drug-likeness (QED) is 0.493. The van der Waals surface area contributed by atoms with Crippen LogP contribution in [0.15, 0.2) is 29.6 Å². The van der Waals surface area contributed by atoms with E-state index in [1.54, 1.807) is 18.4 Å². The van der Waals surface area contributed by atoms with Gasteiger partial charge in [-0.05, 0) is 41.3 Å². The molecule has 0 aliphatic carbocycles. The van der Waals surface area contributed by atoms with Gasteiger partial charge in [0.1, 0.15) is 6.79 Å². The summed E-state index contributed by atoms with van der Waals surface area (Å²) < 4.78 is 17.5. The van der Waals surface area contributed by atoms with Crippen LogP contribution in [0.1, 0.15) is 12.0 Å². The Bertz CT molecular complexity index is 595. The van der Waals surface area contributed by atoms with Crippen molar-refractivity contribution < 1.29 is 14.2 Å². The van der Waals surface area contributed by atoms with E-state index in [4.69, 9.17) is 14.2 Å². The molecule has 5 heteroatoms. The molecule has 0 atom stereocenters. The van der Waals surface area contributed by atoms with Crippen molar-refractivity contribution in [3.63, 3.8) is 0 Å². The van der Waals surface area contributed by atoms with Crippen molar-refractivity contribution in [3.05, 3.63) is 35.2 Å². The molecule has 0 spiro atoms. The largest absolute Gasteiger partial charge is 0.381 e. The Morgan fingerprint density at radius 2 is 2.13 bits per heavy atom. The van der Waals surface area contributed by atoms with Crippen molar-refractivity contribution in [2.45, 2.75) is 18.9 Å². The molecule has 3 rings (SSSR count). The van der Waals surface area contributed by atoms with Crippen LogP contribution >= 0.6 is 11.3 Å². The Balaban J connectivity index is 1.22. The van der Waals surface area contributed by atoms with Crippen LogP contribution < -0.4 is 0 Å². The third-order valence-electron chi connectivity index (χ3n) is 4.16. The third-order valence-corrected chi connectivity index (χ3v) is 5.06. The Kier molecular flexibility index (Phi) is 6.42. The number of ether oxygens (including phenoxy) is 3. The lowest BCUT2D eigenvalue weighted by Crippen LogP contribution is -2.52. The summed E-state index contributed by atoms with van der Waals surface area (Å²) in [5.41, 5.74) is 1.36. The Morgan fingerprint density at radius 3 is 3.00 bits per heavy atom. The average molecular weight is 335 g/mol. The van der Waals surface area contributed by atoms with E-state index < -0.39 is 0 Å². The van der Waals surface area contributed by atoms with Gasteiger partial charge in [-0.15, -0.1) is 11.3 Å². The van der Waals surface area contributed by atoms with Crippen LogP contribution in [0.5, 0.6) is 0 Å². The molecule has 1 aromatic carbocycles. The highest BCUT2D eigenvalue weighted by atomic mass is 32.1. The normalized spacial score (nSPS) is 16.0. The average Bonchev–Trinajstić information content (AvgIpc) is 2.99. The molecular formula is C18H25NO3S. The van der Waals surface area contributed by atoms with Crippen LogP contribution in [-0.2, 0) is 20.6 Å². The van der Waals surface area contributed by atoms with E-state index in [1.165, 1.54) is 15.6 Å². The van der Waals surface area contributed by atoms with Crippen LogP contribution in [0.25, 0.3) is 10.1 Å². The first-order valence-corrected chi connectivity index (χ1v) is 9.10. The van der Waals surface area contributed by atoms with Gasteiger partial charge < -0.3 is 14.2 Å². The molecule has 0 unspecified atom stereocenters. The molecule has 0 saturated carbocycles. The second-order valence-electron chi connectivity index (χ2n) is 5.96. The van der Waals surface area contributed by atoms with E-state index >= 15 is 0 Å². The first kappa shape index (κ1) is 16.9. The van der Waals surface area contributed by atoms with Gasteiger partial charge in [-0.1, -0.05) is 12.1 Å². The van der Waals surface area contributed by atoms with Gasteiger partial charge in [0.25, 0.3) is 0 Å². The van der Waals surface area contributed by atoms with Gasteiger partial charge in [0.05, 0.1) is 12.7 Å². The topological polar surface area (TPSA) is 30.9 Å². The van der Waals surface area contributed by atoms with Crippen LogP contribution in [0.4, 0.5) is 0 Å². The molecule has 0 amide bonds. The van der Waals surface area contributed by atoms with E-state index in [-0.39, 0.29) is 0 Å². The third kappa shape index (κ3) is 4.99. The van der Waals surface area contributed by atoms with Gasteiger partial charge in [-0.3, -0.25) is 4.90 Å². The van der Waals surface area contributed by atoms with Crippen molar-refractivity contribution >= 4 is 21.4 Å². The highest BCUT2D eigenvalue weighted by molar-refractivity contribution is 7.17. The molecule has 1 aliphatic rings. The summed E-state index contributed by atoms with van der Waals surface area (Å²) in [5.74, 6) is 0. The number of likely N-dealkylation sites (tertiary alicyclic amines) is 1. The van der Waals surface area contributed by atoms with E-state index in [1.807, 2.05) is 0 Å². The van der Waals surface area contributed by atoms with Crippen LogP contribution in [-0.4, -0.2) is 57.8 Å². The van der Waals surface area contributed by atoms with Gasteiger partial charge in [-0.2, -0.15) is 0 Å². The Labute approximate surface area is 141 Å². The van der Waals surface area contributed by atoms with Crippen molar-refractivity contribution in [1.82, 2.24) is 4.90 Å². The van der Waals surface area contributed by atoms with Gasteiger partial charge in [0.15, 0.2) is 0 Å². The SMILES string of the molecule is COCOC1CN(CCCOCCc2ccc3sccc3c2)C1. The van der Waals surface area contributed by atoms with E-state index in [9.17, 15) is 0 Å². The molecule has 2 heterocycles. The minimum absolute atomic E-state index is 0.350. The summed E-state index contributed by atoms with van der Waals surface area (Å²) in [6, 6.07) is 8.88. The number of rotatable bonds is 10. The summed E-state index contributed by atoms with van der Waals surface area (Å²) in [4.78, 5) is 2.40. The standard InChI is InChI=1S/C18H25NO3S/c1-20-14-22-17-12-19(13-17)7-2-8-21-9-5-15-3-4-18-16(11-15)6-10-23-18/h3-4,6,10-11,17H,2,5,7-9,12-14H2,1H3. The summed E-state index contributed by atoms with van der Waals surface area (Å²) in [7, 11) is 1.66. The van der Waals surface area contributed by atoms with Crippen LogP contribution in [0.2, 0.25) is 0 Å². The van der Waals surface area contributed by atoms with Gasteiger partial charge in [-0.25, -0.2) is 0 Å². The molecule has 0 N–H and O–H groups in total. The molecule has 0 radical (unpaired) electrons. The fraction of sp³-hybridized carbons (Fsp3) is 0.556. The lowest BCUT2D eigenvalue weighted by molar-refractivity contribution is -0.124. The summed E-state index contributed by atoms with van der Waals surface area (Å²) in [6.07, 6.45) is 2.42. The highest BCUT2D eigenvalue weighted by Gasteiger charge is 2.26. The summed E-state index contributed by atoms with van der Waals surface area (Å²) >= 11 is 1.79. The second kappa shape index (κ2) is 8.76. The Morgan fingerprint density at radius 1 is 1.22 bits per heavy atom. The first-order valence-electron chi connectivity index (χ1n) is 8.22. The number of hydrogen-bond acceptors (Lipinski definition) is 5. The van der Waals surface area contributed by atoms with Gasteiger partial charge in [0, 0.05) is 38.1 Å². The van der Waals surface area contributed by atoms with Crippen molar-refractivity contribution in [3.8, 4) is 0 Å². The molecule has 1 aliphatic heterocycles. The fourth-order valence-electron chi connectivity index (χ4n) is 2.83. The maximum atomic E-state index is 5.77. The van der Waals surface area contributed by atoms with Crippen LogP contribution in [0.3, 0.4) is 0 Å². The number of nitrogens with zero attached hydrogens (tertiary/aromatic N) is 1. The zero-order valence-electron chi connectivity index (χ0n) is 13.7. The maximum absolute atomic E-state index is 5.77. The number of methoxy groups -OCH3 is 1. The molecule has 2 aromatic rings. The monoisotopic (exact) mass is 335 g/mol. The molecule has 0 bridgehead atoms. The van der Waals surface area contributed by atoms with E-state index in [2.05, 4.69) is 34.5 Å². The van der Waals surface area contributed by atoms with Crippen LogP contribution in [0, 0.1) is 0 Å². The molecule has 23 heavy (non-hydrogen) atoms. The molecule has 1 saturated heterocycles. The number of hydrogen-bond donors (Lipinski definition) is 0. The van der Waals surface area contributed by atoms with E-state index in [0.29, 0.717) is 12.9 Å². The van der Waals surface area contributed by atoms with Gasteiger partial charge >= 0.3 is 0 Å². The van der Waals surface area contributed by atoms with Crippen molar-refractivity contribution in [2.24, 2.45) is 0 Å². The molecule has 4 nitrogen and oxygen atoms in total. The summed E-state index contributed by atoms with van der Waals surface area (Å²) in [5, 5.41) is 3.49. The zero-order chi connectivity index (χ0) is 15.9. The number of benzene rings is 1. The summed E-state index contributed by atoms with van der Waals surface area (Å²) in [6.45, 7) is 5.16. The predicted molar refractivity (Wildman–Crippen MR) is 94.2 cm³/mol. The first-order chi connectivity index (χ1) is 11.3. The Hall–Kier alpha value is -0.980. The minimum atomic E-state index is 0.350. The second-order valence-corrected chi connectivity index (χ2v) is 6.91. The smallest absolute Gasteiger partial charge is 0.146 e. The zero-order valence-corrected chi connectivity index (χ0v) is 14.5. The number of thiophene rings is 1. The predicted octanol–water partition coefficient (Wildman–Crippen LogP) is 3.16. The lowest BCUT2D eigenvalue weighted by atomic mass is 10.1. The minimum Gasteiger partial charge on any atom is -0.381 e. The number of fused-ring (bicyclic) bond motifs is 1. The highest BCUT2D eigenvalue weighted by Crippen LogP contribution is 2.21. The van der Waals surface area contributed by atoms with Gasteiger partial charge in [0.2, 0.25) is 0 Å². The fourth-order valence-corrected chi connectivity index (χ4v) is 3.60. The lowest BCUT2D eigenvalue weighted by Gasteiger charge is -2.38. The molecule has 126 valence electrons. The molecular weight excluding hydrogens is 310 g/mol. The van der Waals surface area contributed by atoms with Crippen molar-refractivity contribution in [1.29, 1.82) is 0 Å². The van der Waals surface area contributed by atoms with Crippen molar-refractivity contribution in [2.75, 3.05) is 46.8 Å². The molecule has 1 aromatic heterocycles. The maximum Gasteiger partial charge on any atom is 0.146 e.